The molecular formula is C17H21N3O4. The van der Waals surface area contributed by atoms with Crippen LogP contribution in [0.1, 0.15) is 19.4 Å². The maximum atomic E-state index is 12.2. The highest BCUT2D eigenvalue weighted by Crippen LogP contribution is 2.18. The van der Waals surface area contributed by atoms with Crippen molar-refractivity contribution < 1.29 is 19.1 Å². The van der Waals surface area contributed by atoms with E-state index >= 15 is 0 Å². The van der Waals surface area contributed by atoms with Gasteiger partial charge in [-0.05, 0) is 37.6 Å². The Bertz CT molecular complexity index is 663. The zero-order valence-electron chi connectivity index (χ0n) is 14.0. The SMILES string of the molecule is CCN(CC)c1ccc(/C=C2/NC(=O)N(CC(=O)OC)C2=O)cc1. The lowest BCUT2D eigenvalue weighted by Gasteiger charge is -2.20. The summed E-state index contributed by atoms with van der Waals surface area (Å²) in [5, 5.41) is 2.47. The van der Waals surface area contributed by atoms with Crippen LogP contribution in [-0.2, 0) is 14.3 Å². The largest absolute Gasteiger partial charge is 0.468 e. The van der Waals surface area contributed by atoms with Gasteiger partial charge < -0.3 is 15.0 Å². The number of nitrogens with zero attached hydrogens (tertiary/aromatic N) is 2. The summed E-state index contributed by atoms with van der Waals surface area (Å²) in [7, 11) is 1.20. The molecule has 0 spiro atoms. The predicted octanol–water partition coefficient (Wildman–Crippen LogP) is 1.60. The van der Waals surface area contributed by atoms with E-state index in [1.54, 1.807) is 6.08 Å². The van der Waals surface area contributed by atoms with E-state index in [0.29, 0.717) is 0 Å². The summed E-state index contributed by atoms with van der Waals surface area (Å²) in [6.45, 7) is 5.59. The Kier molecular flexibility index (Phi) is 5.57. The molecule has 7 nitrogen and oxygen atoms in total. The molecular weight excluding hydrogens is 310 g/mol. The summed E-state index contributed by atoms with van der Waals surface area (Å²) in [4.78, 5) is 38.3. The highest BCUT2D eigenvalue weighted by molar-refractivity contribution is 6.15. The van der Waals surface area contributed by atoms with Crippen LogP contribution in [0.4, 0.5) is 10.5 Å². The van der Waals surface area contributed by atoms with Gasteiger partial charge in [-0.25, -0.2) is 9.69 Å². The Morgan fingerprint density at radius 3 is 2.38 bits per heavy atom. The summed E-state index contributed by atoms with van der Waals surface area (Å²) in [5.74, 6) is -1.19. The zero-order valence-corrected chi connectivity index (χ0v) is 14.0. The van der Waals surface area contributed by atoms with Crippen molar-refractivity contribution >= 4 is 29.7 Å². The minimum absolute atomic E-state index is 0.138. The quantitative estimate of drug-likeness (QED) is 0.487. The summed E-state index contributed by atoms with van der Waals surface area (Å²) < 4.78 is 4.48. The fourth-order valence-electron chi connectivity index (χ4n) is 2.45. The van der Waals surface area contributed by atoms with Crippen molar-refractivity contribution in [2.75, 3.05) is 31.6 Å². The van der Waals surface area contributed by atoms with E-state index < -0.39 is 24.5 Å². The highest BCUT2D eigenvalue weighted by atomic mass is 16.5. The van der Waals surface area contributed by atoms with Crippen LogP contribution in [0.5, 0.6) is 0 Å². The molecule has 1 aliphatic heterocycles. The number of amides is 3. The number of hydrogen-bond donors (Lipinski definition) is 1. The van der Waals surface area contributed by atoms with Gasteiger partial charge in [0.1, 0.15) is 12.2 Å². The number of esters is 1. The number of imide groups is 1. The lowest BCUT2D eigenvalue weighted by Crippen LogP contribution is -2.36. The van der Waals surface area contributed by atoms with Gasteiger partial charge in [0.05, 0.1) is 7.11 Å². The first-order chi connectivity index (χ1) is 11.5. The van der Waals surface area contributed by atoms with Crippen LogP contribution in [-0.4, -0.2) is 49.6 Å². The molecule has 1 heterocycles. The number of carbonyl (C=O) groups is 3. The van der Waals surface area contributed by atoms with Crippen molar-refractivity contribution in [1.82, 2.24) is 10.2 Å². The van der Waals surface area contributed by atoms with E-state index in [2.05, 4.69) is 28.8 Å². The number of ether oxygens (including phenoxy) is 1. The first-order valence-corrected chi connectivity index (χ1v) is 7.76. The molecule has 24 heavy (non-hydrogen) atoms. The zero-order chi connectivity index (χ0) is 17.7. The summed E-state index contributed by atoms with van der Waals surface area (Å²) in [6, 6.07) is 7.06. The molecule has 1 aromatic rings. The maximum absolute atomic E-state index is 12.2. The van der Waals surface area contributed by atoms with Gasteiger partial charge in [-0.3, -0.25) is 9.59 Å². The van der Waals surface area contributed by atoms with E-state index in [4.69, 9.17) is 0 Å². The number of hydrogen-bond acceptors (Lipinski definition) is 5. The molecule has 1 saturated heterocycles. The van der Waals surface area contributed by atoms with Crippen LogP contribution in [0.3, 0.4) is 0 Å². The summed E-state index contributed by atoms with van der Waals surface area (Å²) in [6.07, 6.45) is 1.59. The topological polar surface area (TPSA) is 79.0 Å². The van der Waals surface area contributed by atoms with Gasteiger partial charge in [0, 0.05) is 18.8 Å². The smallest absolute Gasteiger partial charge is 0.329 e. The normalized spacial score (nSPS) is 15.6. The van der Waals surface area contributed by atoms with E-state index in [9.17, 15) is 14.4 Å². The molecule has 128 valence electrons. The number of methoxy groups -OCH3 is 1. The molecule has 0 bridgehead atoms. The standard InChI is InChI=1S/C17H21N3O4/c1-4-19(5-2)13-8-6-12(7-9-13)10-14-16(22)20(17(23)18-14)11-15(21)24-3/h6-10H,4-5,11H2,1-3H3,(H,18,23)/b14-10+. The molecule has 1 aliphatic rings. The summed E-state index contributed by atoms with van der Waals surface area (Å²) >= 11 is 0. The Hall–Kier alpha value is -2.83. The van der Waals surface area contributed by atoms with Gasteiger partial charge in [-0.15, -0.1) is 0 Å². The average molecular weight is 331 g/mol. The number of anilines is 1. The number of benzene rings is 1. The monoisotopic (exact) mass is 331 g/mol. The van der Waals surface area contributed by atoms with Crippen LogP contribution in [0.15, 0.2) is 30.0 Å². The number of rotatable bonds is 6. The van der Waals surface area contributed by atoms with Crippen molar-refractivity contribution in [2.24, 2.45) is 0 Å². The molecule has 0 saturated carbocycles. The van der Waals surface area contributed by atoms with Gasteiger partial charge in [-0.2, -0.15) is 0 Å². The van der Waals surface area contributed by atoms with Crippen LogP contribution in [0.2, 0.25) is 0 Å². The van der Waals surface area contributed by atoms with E-state index in [0.717, 1.165) is 29.2 Å². The minimum atomic E-state index is -0.650. The molecule has 2 rings (SSSR count). The maximum Gasteiger partial charge on any atom is 0.329 e. The molecule has 0 atom stereocenters. The van der Waals surface area contributed by atoms with Gasteiger partial charge in [0.25, 0.3) is 5.91 Å². The van der Waals surface area contributed by atoms with Gasteiger partial charge >= 0.3 is 12.0 Å². The molecule has 0 aliphatic carbocycles. The molecule has 7 heteroatoms. The molecule has 1 fully saturated rings. The van der Waals surface area contributed by atoms with Crippen molar-refractivity contribution in [2.45, 2.75) is 13.8 Å². The van der Waals surface area contributed by atoms with Crippen molar-refractivity contribution in [3.63, 3.8) is 0 Å². The number of nitrogens with one attached hydrogen (secondary N) is 1. The Balaban J connectivity index is 2.15. The average Bonchev–Trinajstić information content (AvgIpc) is 2.84. The third kappa shape index (κ3) is 3.73. The van der Waals surface area contributed by atoms with Crippen molar-refractivity contribution in [1.29, 1.82) is 0 Å². The van der Waals surface area contributed by atoms with Crippen LogP contribution in [0, 0.1) is 0 Å². The number of carbonyl (C=O) groups excluding carboxylic acids is 3. The van der Waals surface area contributed by atoms with E-state index in [1.165, 1.54) is 7.11 Å². The Labute approximate surface area is 140 Å². The van der Waals surface area contributed by atoms with Gasteiger partial charge in [0.2, 0.25) is 0 Å². The second-order valence-corrected chi connectivity index (χ2v) is 5.22. The minimum Gasteiger partial charge on any atom is -0.468 e. The third-order valence-electron chi connectivity index (χ3n) is 3.81. The first-order valence-electron chi connectivity index (χ1n) is 7.76. The van der Waals surface area contributed by atoms with Crippen molar-refractivity contribution in [3.8, 4) is 0 Å². The highest BCUT2D eigenvalue weighted by Gasteiger charge is 2.35. The van der Waals surface area contributed by atoms with Crippen LogP contribution < -0.4 is 10.2 Å². The second kappa shape index (κ2) is 7.63. The lowest BCUT2D eigenvalue weighted by molar-refractivity contribution is -0.143. The Morgan fingerprint density at radius 2 is 1.83 bits per heavy atom. The lowest BCUT2D eigenvalue weighted by atomic mass is 10.1. The van der Waals surface area contributed by atoms with Gasteiger partial charge in [-0.1, -0.05) is 12.1 Å². The van der Waals surface area contributed by atoms with Gasteiger partial charge in [0.15, 0.2) is 0 Å². The fraction of sp³-hybridized carbons (Fsp3) is 0.353. The number of urea groups is 1. The van der Waals surface area contributed by atoms with Crippen LogP contribution in [0.25, 0.3) is 6.08 Å². The Morgan fingerprint density at radius 1 is 1.21 bits per heavy atom. The van der Waals surface area contributed by atoms with Crippen molar-refractivity contribution in [3.05, 3.63) is 35.5 Å². The van der Waals surface area contributed by atoms with E-state index in [-0.39, 0.29) is 5.70 Å². The molecule has 0 aromatic heterocycles. The predicted molar refractivity (Wildman–Crippen MR) is 90.2 cm³/mol. The van der Waals surface area contributed by atoms with E-state index in [1.807, 2.05) is 24.3 Å². The molecule has 3 amide bonds. The molecule has 0 unspecified atom stereocenters. The first kappa shape index (κ1) is 17.5. The molecule has 1 aromatic carbocycles. The van der Waals surface area contributed by atoms with Crippen LogP contribution >= 0.6 is 0 Å². The molecule has 1 N–H and O–H groups in total. The fourth-order valence-corrected chi connectivity index (χ4v) is 2.45. The summed E-state index contributed by atoms with van der Waals surface area (Å²) in [5.41, 5.74) is 2.02. The third-order valence-corrected chi connectivity index (χ3v) is 3.81. The second-order valence-electron chi connectivity index (χ2n) is 5.22. The molecule has 0 radical (unpaired) electrons.